The van der Waals surface area contributed by atoms with Crippen LogP contribution in [0.2, 0.25) is 0 Å². The molecule has 200 valence electrons. The van der Waals surface area contributed by atoms with E-state index in [1.807, 2.05) is 0 Å². The van der Waals surface area contributed by atoms with Gasteiger partial charge in [0.2, 0.25) is 5.69 Å². The minimum Gasteiger partial charge on any atom is -0.618 e. The molecule has 1 aromatic heterocycles. The number of epoxide rings is 1. The molecule has 0 bridgehead atoms. The Hall–Kier alpha value is -3.00. The third-order valence-electron chi connectivity index (χ3n) is 8.30. The topological polar surface area (TPSA) is 39.5 Å². The quantitative estimate of drug-likeness (QED) is 0.148. The van der Waals surface area contributed by atoms with Gasteiger partial charge in [-0.15, -0.1) is 0 Å². The van der Waals surface area contributed by atoms with E-state index in [0.29, 0.717) is 47.2 Å². The van der Waals surface area contributed by atoms with Crippen molar-refractivity contribution in [3.8, 4) is 11.1 Å². The van der Waals surface area contributed by atoms with Gasteiger partial charge < -0.3 is 9.94 Å². The van der Waals surface area contributed by atoms with Crippen LogP contribution in [0, 0.1) is 22.9 Å². The first-order chi connectivity index (χ1) is 18.0. The molecule has 1 aliphatic heterocycles. The largest absolute Gasteiger partial charge is 0.618 e. The van der Waals surface area contributed by atoms with Crippen LogP contribution in [0.25, 0.3) is 11.1 Å². The normalized spacial score (nSPS) is 23.5. The number of fused-ring (bicyclic) bond motifs is 2. The number of rotatable bonds is 5. The van der Waals surface area contributed by atoms with E-state index < -0.39 is 29.3 Å². The van der Waals surface area contributed by atoms with Crippen LogP contribution >= 0.6 is 0 Å². The van der Waals surface area contributed by atoms with Crippen molar-refractivity contribution in [1.29, 1.82) is 0 Å². The molecule has 1 saturated carbocycles. The SMILES string of the molecule is CC(C)c1c(C(F)c2ccc(C(F)(F)F)cc2)c(-c2ccc(F)cc2)c2c([n+]1[O-])CC(C1CC1)CC21CO1. The molecule has 0 N–H and O–H groups in total. The minimum atomic E-state index is -4.55. The molecule has 3 aliphatic rings. The van der Waals surface area contributed by atoms with E-state index in [1.54, 1.807) is 26.0 Å². The molecule has 0 radical (unpaired) electrons. The standard InChI is InChI=1S/C30H28F5NO2/c1-16(2)28-25(27(32)19-5-9-21(10-6-19)30(33,34)35)24(18-7-11-22(31)12-8-18)26-23(36(28)37)13-20(17-3-4-17)14-29(26)15-38-29/h5-12,16-17,20,27H,3-4,13-15H2,1-2H3. The van der Waals surface area contributed by atoms with Crippen molar-refractivity contribution in [2.24, 2.45) is 11.8 Å². The summed E-state index contributed by atoms with van der Waals surface area (Å²) >= 11 is 0. The number of benzene rings is 2. The number of pyridine rings is 1. The number of halogens is 5. The van der Waals surface area contributed by atoms with Crippen LogP contribution in [0.3, 0.4) is 0 Å². The van der Waals surface area contributed by atoms with Crippen molar-refractivity contribution in [1.82, 2.24) is 0 Å². The summed E-state index contributed by atoms with van der Waals surface area (Å²) in [6.07, 6.45) is -2.90. The average molecular weight is 530 g/mol. The summed E-state index contributed by atoms with van der Waals surface area (Å²) in [6.45, 7) is 4.02. The number of nitrogens with zero attached hydrogens (tertiary/aromatic N) is 1. The van der Waals surface area contributed by atoms with Crippen molar-refractivity contribution in [3.05, 3.63) is 93.2 Å². The van der Waals surface area contributed by atoms with E-state index in [0.717, 1.165) is 48.3 Å². The van der Waals surface area contributed by atoms with Crippen molar-refractivity contribution < 1.29 is 31.4 Å². The molecule has 3 atom stereocenters. The van der Waals surface area contributed by atoms with Gasteiger partial charge in [-0.3, -0.25) is 0 Å². The van der Waals surface area contributed by atoms with E-state index in [9.17, 15) is 22.8 Å². The van der Waals surface area contributed by atoms with Crippen molar-refractivity contribution in [3.63, 3.8) is 0 Å². The van der Waals surface area contributed by atoms with Crippen LogP contribution in [0.5, 0.6) is 0 Å². The highest BCUT2D eigenvalue weighted by atomic mass is 19.4. The molecular formula is C30H28F5NO2. The van der Waals surface area contributed by atoms with Gasteiger partial charge in [0.05, 0.1) is 23.3 Å². The van der Waals surface area contributed by atoms with E-state index in [4.69, 9.17) is 4.74 Å². The second-order valence-electron chi connectivity index (χ2n) is 11.2. The van der Waals surface area contributed by atoms with Gasteiger partial charge in [0.1, 0.15) is 11.4 Å². The van der Waals surface area contributed by atoms with Crippen LogP contribution in [0.1, 0.15) is 78.8 Å². The lowest BCUT2D eigenvalue weighted by molar-refractivity contribution is -0.625. The highest BCUT2D eigenvalue weighted by Gasteiger charge is 2.58. The monoisotopic (exact) mass is 529 g/mol. The molecule has 2 fully saturated rings. The Morgan fingerprint density at radius 3 is 2.16 bits per heavy atom. The van der Waals surface area contributed by atoms with Crippen molar-refractivity contribution >= 4 is 0 Å². The fraction of sp³-hybridized carbons (Fsp3) is 0.433. The van der Waals surface area contributed by atoms with Crippen LogP contribution in [-0.4, -0.2) is 6.61 Å². The third-order valence-corrected chi connectivity index (χ3v) is 8.30. The summed E-state index contributed by atoms with van der Waals surface area (Å²) in [5, 5.41) is 14.0. The Morgan fingerprint density at radius 2 is 1.63 bits per heavy atom. The lowest BCUT2D eigenvalue weighted by Gasteiger charge is -2.33. The number of hydrogen-bond acceptors (Lipinski definition) is 2. The highest BCUT2D eigenvalue weighted by molar-refractivity contribution is 5.75. The molecule has 6 rings (SSSR count). The summed E-state index contributed by atoms with van der Waals surface area (Å²) in [4.78, 5) is 0. The van der Waals surface area contributed by atoms with E-state index in [2.05, 4.69) is 0 Å². The van der Waals surface area contributed by atoms with E-state index in [1.165, 1.54) is 12.1 Å². The molecule has 3 unspecified atom stereocenters. The summed E-state index contributed by atoms with van der Waals surface area (Å²) in [5.41, 5.74) is 1.03. The molecular weight excluding hydrogens is 501 g/mol. The molecule has 3 aromatic rings. The molecule has 2 aromatic carbocycles. The van der Waals surface area contributed by atoms with Crippen LogP contribution in [0.15, 0.2) is 48.5 Å². The average Bonchev–Trinajstić information content (AvgIpc) is 3.80. The molecule has 38 heavy (non-hydrogen) atoms. The molecule has 1 saturated heterocycles. The summed E-state index contributed by atoms with van der Waals surface area (Å²) in [6, 6.07) is 9.65. The summed E-state index contributed by atoms with van der Waals surface area (Å²) in [5.74, 6) is 0.0146. The van der Waals surface area contributed by atoms with Gasteiger partial charge in [-0.1, -0.05) is 38.1 Å². The van der Waals surface area contributed by atoms with Crippen LogP contribution in [0.4, 0.5) is 22.0 Å². The zero-order valence-electron chi connectivity index (χ0n) is 21.1. The Morgan fingerprint density at radius 1 is 1.00 bits per heavy atom. The van der Waals surface area contributed by atoms with E-state index in [-0.39, 0.29) is 22.7 Å². The van der Waals surface area contributed by atoms with Gasteiger partial charge in [0.25, 0.3) is 0 Å². The second-order valence-corrected chi connectivity index (χ2v) is 11.2. The highest BCUT2D eigenvalue weighted by Crippen LogP contribution is 2.58. The molecule has 8 heteroatoms. The summed E-state index contributed by atoms with van der Waals surface area (Å²) in [7, 11) is 0. The molecule has 2 heterocycles. The molecule has 3 nitrogen and oxygen atoms in total. The molecule has 2 aliphatic carbocycles. The zero-order chi connectivity index (χ0) is 27.0. The van der Waals surface area contributed by atoms with Crippen molar-refractivity contribution in [2.75, 3.05) is 6.61 Å². The van der Waals surface area contributed by atoms with Gasteiger partial charge in [-0.05, 0) is 66.5 Å². The Balaban J connectivity index is 1.61. The molecule has 0 amide bonds. The predicted octanol–water partition coefficient (Wildman–Crippen LogP) is 7.53. The van der Waals surface area contributed by atoms with Crippen LogP contribution in [-0.2, 0) is 22.9 Å². The zero-order valence-corrected chi connectivity index (χ0v) is 21.1. The van der Waals surface area contributed by atoms with Gasteiger partial charge in [-0.25, -0.2) is 8.78 Å². The summed E-state index contributed by atoms with van der Waals surface area (Å²) < 4.78 is 77.0. The maximum absolute atomic E-state index is 16.6. The lowest BCUT2D eigenvalue weighted by atomic mass is 9.72. The Kier molecular flexibility index (Phi) is 5.83. The molecule has 1 spiro atoms. The first-order valence-electron chi connectivity index (χ1n) is 13.0. The Labute approximate surface area is 217 Å². The van der Waals surface area contributed by atoms with Gasteiger partial charge >= 0.3 is 6.18 Å². The minimum absolute atomic E-state index is 0.0145. The number of aromatic nitrogens is 1. The van der Waals surface area contributed by atoms with Gasteiger partial charge in [-0.2, -0.15) is 17.9 Å². The maximum atomic E-state index is 16.6. The third kappa shape index (κ3) is 4.17. The number of ether oxygens (including phenoxy) is 1. The Bertz CT molecular complexity index is 1370. The van der Waals surface area contributed by atoms with E-state index >= 15 is 4.39 Å². The first-order valence-corrected chi connectivity index (χ1v) is 13.0. The maximum Gasteiger partial charge on any atom is 0.416 e. The predicted molar refractivity (Wildman–Crippen MR) is 131 cm³/mol. The van der Waals surface area contributed by atoms with Gasteiger partial charge in [0.15, 0.2) is 11.9 Å². The van der Waals surface area contributed by atoms with Crippen molar-refractivity contribution in [2.45, 2.75) is 63.4 Å². The second kappa shape index (κ2) is 8.76. The number of alkyl halides is 4. The first kappa shape index (κ1) is 25.3. The lowest BCUT2D eigenvalue weighted by Crippen LogP contribution is -2.46. The van der Waals surface area contributed by atoms with Gasteiger partial charge in [0, 0.05) is 17.9 Å². The fourth-order valence-corrected chi connectivity index (χ4v) is 6.26. The smallest absolute Gasteiger partial charge is 0.416 e. The fourth-order valence-electron chi connectivity index (χ4n) is 6.26. The number of hydrogen-bond donors (Lipinski definition) is 0. The van der Waals surface area contributed by atoms with Crippen LogP contribution < -0.4 is 4.73 Å².